The van der Waals surface area contributed by atoms with Crippen LogP contribution < -0.4 is 0 Å². The Labute approximate surface area is 176 Å². The van der Waals surface area contributed by atoms with Crippen molar-refractivity contribution >= 4 is 23.8 Å². The third kappa shape index (κ3) is 4.63. The average Bonchev–Trinajstić information content (AvgIpc) is 3.22. The number of benzene rings is 3. The molecule has 2 nitrogen and oxygen atoms in total. The fourth-order valence-corrected chi connectivity index (χ4v) is 3.16. The second kappa shape index (κ2) is 8.20. The second-order valence-corrected chi connectivity index (χ2v) is 7.16. The second-order valence-electron chi connectivity index (χ2n) is 6.72. The van der Waals surface area contributed by atoms with Crippen LogP contribution in [0, 0.1) is 0 Å². The van der Waals surface area contributed by atoms with Gasteiger partial charge in [0.05, 0.1) is 17.5 Å². The summed E-state index contributed by atoms with van der Waals surface area (Å²) in [5, 5.41) is 0.673. The summed E-state index contributed by atoms with van der Waals surface area (Å²) in [6, 6.07) is 20.1. The molecular weight excluding hydrogens is 409 g/mol. The number of rotatable bonds is 4. The predicted octanol–water partition coefficient (Wildman–Crippen LogP) is 7.59. The highest BCUT2D eigenvalue weighted by molar-refractivity contribution is 6.30. The summed E-state index contributed by atoms with van der Waals surface area (Å²) in [7, 11) is 0. The van der Waals surface area contributed by atoms with Crippen LogP contribution in [0.5, 0.6) is 0 Å². The van der Waals surface area contributed by atoms with Crippen molar-refractivity contribution in [1.82, 2.24) is 9.97 Å². The molecule has 0 radical (unpaired) electrons. The molecule has 0 saturated carbocycles. The van der Waals surface area contributed by atoms with Gasteiger partial charge in [-0.3, -0.25) is 0 Å². The van der Waals surface area contributed by atoms with Gasteiger partial charge in [0.1, 0.15) is 5.82 Å². The molecule has 0 unspecified atom stereocenters. The van der Waals surface area contributed by atoms with Gasteiger partial charge >= 0.3 is 6.18 Å². The minimum Gasteiger partial charge on any atom is -0.338 e. The molecule has 1 aromatic heterocycles. The highest BCUT2D eigenvalue weighted by Crippen LogP contribution is 2.32. The first kappa shape index (κ1) is 20.0. The van der Waals surface area contributed by atoms with Gasteiger partial charge in [0.2, 0.25) is 0 Å². The van der Waals surface area contributed by atoms with Gasteiger partial charge in [-0.05, 0) is 52.6 Å². The van der Waals surface area contributed by atoms with Gasteiger partial charge in [0.25, 0.3) is 0 Å². The number of aromatic nitrogens is 2. The van der Waals surface area contributed by atoms with E-state index < -0.39 is 11.7 Å². The van der Waals surface area contributed by atoms with Crippen molar-refractivity contribution in [2.24, 2.45) is 0 Å². The molecule has 0 aliphatic rings. The van der Waals surface area contributed by atoms with Crippen LogP contribution in [0.15, 0.2) is 79.0 Å². The van der Waals surface area contributed by atoms with Gasteiger partial charge in [-0.1, -0.05) is 66.2 Å². The van der Waals surface area contributed by atoms with E-state index in [1.807, 2.05) is 48.6 Å². The quantitative estimate of drug-likeness (QED) is 0.359. The number of nitrogens with one attached hydrogen (secondary N) is 1. The van der Waals surface area contributed by atoms with Gasteiger partial charge < -0.3 is 4.98 Å². The summed E-state index contributed by atoms with van der Waals surface area (Å²) < 4.78 is 38.7. The van der Waals surface area contributed by atoms with Crippen molar-refractivity contribution in [1.29, 1.82) is 0 Å². The fourth-order valence-electron chi connectivity index (χ4n) is 3.03. The molecule has 0 bridgehead atoms. The van der Waals surface area contributed by atoms with Crippen LogP contribution in [0.4, 0.5) is 13.2 Å². The van der Waals surface area contributed by atoms with Crippen molar-refractivity contribution in [2.75, 3.05) is 0 Å². The molecule has 0 amide bonds. The van der Waals surface area contributed by atoms with E-state index in [1.165, 1.54) is 6.07 Å². The summed E-state index contributed by atoms with van der Waals surface area (Å²) in [4.78, 5) is 7.58. The molecule has 6 heteroatoms. The van der Waals surface area contributed by atoms with Crippen molar-refractivity contribution < 1.29 is 13.2 Å². The van der Waals surface area contributed by atoms with Crippen LogP contribution >= 0.6 is 11.6 Å². The Morgan fingerprint density at radius 2 is 1.50 bits per heavy atom. The Kier molecular flexibility index (Phi) is 5.46. The van der Waals surface area contributed by atoms with Gasteiger partial charge in [-0.2, -0.15) is 13.2 Å². The number of imidazole rings is 1. The average molecular weight is 425 g/mol. The van der Waals surface area contributed by atoms with Crippen LogP contribution in [0.25, 0.3) is 34.5 Å². The highest BCUT2D eigenvalue weighted by atomic mass is 35.5. The van der Waals surface area contributed by atoms with Crippen LogP contribution in [0.1, 0.15) is 17.0 Å². The summed E-state index contributed by atoms with van der Waals surface area (Å²) in [6.07, 6.45) is 1.13. The summed E-state index contributed by atoms with van der Waals surface area (Å²) in [5.74, 6) is 0.696. The molecule has 0 spiro atoms. The molecule has 1 N–H and O–H groups in total. The van der Waals surface area contributed by atoms with E-state index in [-0.39, 0.29) is 0 Å². The predicted molar refractivity (Wildman–Crippen MR) is 115 cm³/mol. The van der Waals surface area contributed by atoms with E-state index in [1.54, 1.807) is 24.4 Å². The maximum atomic E-state index is 12.9. The lowest BCUT2D eigenvalue weighted by molar-refractivity contribution is -0.137. The summed E-state index contributed by atoms with van der Waals surface area (Å²) >= 11 is 5.91. The van der Waals surface area contributed by atoms with Crippen LogP contribution in [-0.4, -0.2) is 9.97 Å². The highest BCUT2D eigenvalue weighted by Gasteiger charge is 2.30. The van der Waals surface area contributed by atoms with Gasteiger partial charge in [-0.25, -0.2) is 4.98 Å². The first-order valence-electron chi connectivity index (χ1n) is 9.15. The molecule has 1 heterocycles. The minimum atomic E-state index is -4.35. The van der Waals surface area contributed by atoms with Crippen LogP contribution in [0.3, 0.4) is 0 Å². The van der Waals surface area contributed by atoms with E-state index in [2.05, 4.69) is 9.97 Å². The van der Waals surface area contributed by atoms with Gasteiger partial charge in [0.15, 0.2) is 0 Å². The Morgan fingerprint density at radius 1 is 0.800 bits per heavy atom. The maximum Gasteiger partial charge on any atom is 0.416 e. The smallest absolute Gasteiger partial charge is 0.338 e. The molecule has 4 rings (SSSR count). The largest absolute Gasteiger partial charge is 0.416 e. The number of hydrogen-bond acceptors (Lipinski definition) is 1. The zero-order valence-corrected chi connectivity index (χ0v) is 16.4. The Bertz CT molecular complexity index is 1170. The standard InChI is InChI=1S/C24H16ClF3N2/c25-21-11-9-18(10-12-21)22-15-29-23(30-22)13-6-16-4-7-17(8-5-16)19-2-1-3-20(14-19)24(26,27)28/h1-15H,(H,29,30)/b13-6+. The molecule has 0 fully saturated rings. The minimum absolute atomic E-state index is 0.527. The van der Waals surface area contributed by atoms with Gasteiger partial charge in [0, 0.05) is 5.02 Å². The Hall–Kier alpha value is -3.31. The molecule has 3 aromatic carbocycles. The number of alkyl halides is 3. The monoisotopic (exact) mass is 424 g/mol. The Balaban J connectivity index is 1.49. The van der Waals surface area contributed by atoms with E-state index in [0.29, 0.717) is 16.4 Å². The number of nitrogens with zero attached hydrogens (tertiary/aromatic N) is 1. The number of aromatic amines is 1. The Morgan fingerprint density at radius 3 is 2.20 bits per heavy atom. The molecule has 0 aliphatic carbocycles. The normalized spacial score (nSPS) is 11.9. The van der Waals surface area contributed by atoms with Crippen LogP contribution in [0.2, 0.25) is 5.02 Å². The lowest BCUT2D eigenvalue weighted by Gasteiger charge is -2.09. The molecule has 0 aliphatic heterocycles. The lowest BCUT2D eigenvalue weighted by atomic mass is 10.0. The maximum absolute atomic E-state index is 12.9. The zero-order chi connectivity index (χ0) is 21.1. The van der Waals surface area contributed by atoms with E-state index in [4.69, 9.17) is 11.6 Å². The molecular formula is C24H16ClF3N2. The summed E-state index contributed by atoms with van der Waals surface area (Å²) in [6.45, 7) is 0. The number of hydrogen-bond donors (Lipinski definition) is 1. The lowest BCUT2D eigenvalue weighted by Crippen LogP contribution is -2.04. The third-order valence-corrected chi connectivity index (χ3v) is 4.87. The van der Waals surface area contributed by atoms with Crippen LogP contribution in [-0.2, 0) is 6.18 Å². The van der Waals surface area contributed by atoms with Gasteiger partial charge in [-0.15, -0.1) is 0 Å². The third-order valence-electron chi connectivity index (χ3n) is 4.62. The first-order valence-corrected chi connectivity index (χ1v) is 9.53. The molecule has 4 aromatic rings. The van der Waals surface area contributed by atoms with Crippen molar-refractivity contribution in [3.05, 3.63) is 101 Å². The molecule has 150 valence electrons. The number of halogens is 4. The van der Waals surface area contributed by atoms with Crippen molar-refractivity contribution in [3.63, 3.8) is 0 Å². The van der Waals surface area contributed by atoms with Crippen molar-refractivity contribution in [3.8, 4) is 22.4 Å². The van der Waals surface area contributed by atoms with E-state index >= 15 is 0 Å². The SMILES string of the molecule is FC(F)(F)c1cccc(-c2ccc(/C=C/c3ncc(-c4ccc(Cl)cc4)[nH]3)cc2)c1. The topological polar surface area (TPSA) is 28.7 Å². The number of H-pyrrole nitrogens is 1. The molecule has 0 saturated heterocycles. The molecule has 30 heavy (non-hydrogen) atoms. The molecule has 0 atom stereocenters. The summed E-state index contributed by atoms with van der Waals surface area (Å²) in [5.41, 5.74) is 3.37. The fraction of sp³-hybridized carbons (Fsp3) is 0.0417. The van der Waals surface area contributed by atoms with E-state index in [9.17, 15) is 13.2 Å². The zero-order valence-electron chi connectivity index (χ0n) is 15.6. The van der Waals surface area contributed by atoms with E-state index in [0.717, 1.165) is 34.5 Å². The first-order chi connectivity index (χ1) is 14.4. The van der Waals surface area contributed by atoms with Crippen molar-refractivity contribution in [2.45, 2.75) is 6.18 Å².